The van der Waals surface area contributed by atoms with Crippen LogP contribution in [-0.4, -0.2) is 34.9 Å². The van der Waals surface area contributed by atoms with Crippen molar-refractivity contribution in [2.24, 2.45) is 0 Å². The average molecular weight is 766 g/mol. The van der Waals surface area contributed by atoms with Gasteiger partial charge in [-0.3, -0.25) is 19.9 Å². The average Bonchev–Trinajstić information content (AvgIpc) is 3.33. The van der Waals surface area contributed by atoms with Gasteiger partial charge in [0.05, 0.1) is 22.1 Å². The van der Waals surface area contributed by atoms with E-state index in [1.165, 1.54) is 0 Å². The Hall–Kier alpha value is -8.29. The normalized spacial score (nSPS) is 11.7. The van der Waals surface area contributed by atoms with Gasteiger partial charge in [-0.1, -0.05) is 115 Å². The van der Waals surface area contributed by atoms with E-state index in [0.717, 1.165) is 104 Å². The number of benzene rings is 7. The van der Waals surface area contributed by atoms with Gasteiger partial charge < -0.3 is 0 Å². The summed E-state index contributed by atoms with van der Waals surface area (Å²) in [5.74, 6) is 1.81. The Balaban J connectivity index is 1.07. The fraction of sp³-hybridized carbons (Fsp3) is 0. The molecule has 0 spiro atoms. The minimum Gasteiger partial charge on any atom is -0.254 e. The molecule has 7 nitrogen and oxygen atoms in total. The van der Waals surface area contributed by atoms with Gasteiger partial charge in [0, 0.05) is 63.0 Å². The molecule has 0 aliphatic rings. The Kier molecular flexibility index (Phi) is 7.71. The van der Waals surface area contributed by atoms with E-state index in [0.29, 0.717) is 17.5 Å². The molecule has 5 heterocycles. The summed E-state index contributed by atoms with van der Waals surface area (Å²) in [6.45, 7) is 0. The predicted octanol–water partition coefficient (Wildman–Crippen LogP) is 12.7. The summed E-state index contributed by atoms with van der Waals surface area (Å²) in [4.78, 5) is 34.7. The molecule has 7 heteroatoms. The number of hydrogen-bond donors (Lipinski definition) is 0. The fourth-order valence-corrected chi connectivity index (χ4v) is 8.79. The van der Waals surface area contributed by atoms with Crippen molar-refractivity contribution in [3.8, 4) is 56.4 Å². The van der Waals surface area contributed by atoms with Crippen molar-refractivity contribution < 1.29 is 0 Å². The first-order chi connectivity index (χ1) is 29.8. The zero-order valence-corrected chi connectivity index (χ0v) is 32.0. The molecule has 0 bridgehead atoms. The molecule has 0 saturated heterocycles. The standard InChI is InChI=1S/C53H31N7/c1-2-12-32(13-3-1)51-58-52(43-24-22-39(35-16-4-6-18-37(35)43)45-30-33-14-8-26-54-47(33)49-41(45)20-10-28-56-49)60-53(59-51)44-25-23-40(36-17-5-7-19-38(36)44)46-31-34-15-9-27-55-48(34)50-42(46)21-11-29-57-50/h1-31H. The van der Waals surface area contributed by atoms with Gasteiger partial charge in [-0.15, -0.1) is 0 Å². The summed E-state index contributed by atoms with van der Waals surface area (Å²) in [6, 6.07) is 56.7. The third kappa shape index (κ3) is 5.41. The largest absolute Gasteiger partial charge is 0.254 e. The lowest BCUT2D eigenvalue weighted by atomic mass is 9.91. The van der Waals surface area contributed by atoms with Crippen LogP contribution in [0.1, 0.15) is 0 Å². The summed E-state index contributed by atoms with van der Waals surface area (Å²) in [7, 11) is 0. The smallest absolute Gasteiger partial charge is 0.164 e. The summed E-state index contributed by atoms with van der Waals surface area (Å²) in [5.41, 5.74) is 10.7. The molecule has 0 amide bonds. The molecule has 0 aliphatic carbocycles. The van der Waals surface area contributed by atoms with Gasteiger partial charge in [0.2, 0.25) is 0 Å². The van der Waals surface area contributed by atoms with E-state index < -0.39 is 0 Å². The van der Waals surface area contributed by atoms with Crippen LogP contribution in [0.2, 0.25) is 0 Å². The van der Waals surface area contributed by atoms with E-state index in [-0.39, 0.29) is 0 Å². The molecular formula is C53H31N7. The Morgan fingerprint density at radius 1 is 0.250 bits per heavy atom. The second-order valence-corrected chi connectivity index (χ2v) is 14.9. The lowest BCUT2D eigenvalue weighted by Gasteiger charge is -2.16. The second-order valence-electron chi connectivity index (χ2n) is 14.9. The molecule has 0 fully saturated rings. The van der Waals surface area contributed by atoms with E-state index in [4.69, 9.17) is 34.9 Å². The number of aromatic nitrogens is 7. The van der Waals surface area contributed by atoms with Crippen molar-refractivity contribution in [2.45, 2.75) is 0 Å². The van der Waals surface area contributed by atoms with Gasteiger partial charge >= 0.3 is 0 Å². The molecule has 0 saturated carbocycles. The van der Waals surface area contributed by atoms with E-state index in [2.05, 4.69) is 109 Å². The first kappa shape index (κ1) is 33.8. The van der Waals surface area contributed by atoms with Crippen LogP contribution in [0.5, 0.6) is 0 Å². The van der Waals surface area contributed by atoms with Gasteiger partial charge in [0.1, 0.15) is 0 Å². The quantitative estimate of drug-likeness (QED) is 0.161. The van der Waals surface area contributed by atoms with E-state index in [1.807, 2.05) is 79.4 Å². The molecule has 7 aromatic carbocycles. The number of nitrogens with zero attached hydrogens (tertiary/aromatic N) is 7. The Bertz CT molecular complexity index is 3460. The highest BCUT2D eigenvalue weighted by Crippen LogP contribution is 2.42. The van der Waals surface area contributed by atoms with Crippen molar-refractivity contribution >= 4 is 65.2 Å². The maximum absolute atomic E-state index is 5.33. The Morgan fingerprint density at radius 2 is 0.617 bits per heavy atom. The number of pyridine rings is 4. The summed E-state index contributed by atoms with van der Waals surface area (Å²) in [5, 5.41) is 8.46. The highest BCUT2D eigenvalue weighted by Gasteiger charge is 2.20. The molecular weight excluding hydrogens is 735 g/mol. The van der Waals surface area contributed by atoms with E-state index in [1.54, 1.807) is 0 Å². The maximum atomic E-state index is 5.33. The van der Waals surface area contributed by atoms with Gasteiger partial charge in [-0.05, 0) is 92.3 Å². The molecule has 12 aromatic rings. The van der Waals surface area contributed by atoms with Crippen LogP contribution in [0.3, 0.4) is 0 Å². The van der Waals surface area contributed by atoms with Gasteiger partial charge in [0.25, 0.3) is 0 Å². The van der Waals surface area contributed by atoms with Crippen molar-refractivity contribution in [1.82, 2.24) is 34.9 Å². The van der Waals surface area contributed by atoms with E-state index in [9.17, 15) is 0 Å². The Labute approximate surface area is 343 Å². The molecule has 0 N–H and O–H groups in total. The summed E-state index contributed by atoms with van der Waals surface area (Å²) < 4.78 is 0. The van der Waals surface area contributed by atoms with Crippen LogP contribution in [0.25, 0.3) is 122 Å². The van der Waals surface area contributed by atoms with Crippen LogP contribution < -0.4 is 0 Å². The summed E-state index contributed by atoms with van der Waals surface area (Å²) >= 11 is 0. The van der Waals surface area contributed by atoms with Crippen molar-refractivity contribution in [3.63, 3.8) is 0 Å². The highest BCUT2D eigenvalue weighted by molar-refractivity contribution is 6.16. The van der Waals surface area contributed by atoms with Crippen LogP contribution in [0, 0.1) is 0 Å². The number of rotatable bonds is 5. The molecule has 0 unspecified atom stereocenters. The van der Waals surface area contributed by atoms with Crippen molar-refractivity contribution in [3.05, 3.63) is 189 Å². The zero-order chi connectivity index (χ0) is 39.6. The SMILES string of the molecule is c1ccc(-c2nc(-c3ccc(-c4cc5cccnc5c5ncccc45)c4ccccc34)nc(-c3ccc(-c4cc5cccnc5c5ncccc45)c4ccccc34)n2)cc1. The molecule has 5 aromatic heterocycles. The van der Waals surface area contributed by atoms with Crippen LogP contribution >= 0.6 is 0 Å². The first-order valence-electron chi connectivity index (χ1n) is 19.9. The molecule has 278 valence electrons. The lowest BCUT2D eigenvalue weighted by molar-refractivity contribution is 1.08. The van der Waals surface area contributed by atoms with Crippen LogP contribution in [-0.2, 0) is 0 Å². The number of hydrogen-bond acceptors (Lipinski definition) is 7. The zero-order valence-electron chi connectivity index (χ0n) is 32.0. The first-order valence-corrected chi connectivity index (χ1v) is 19.9. The predicted molar refractivity (Wildman–Crippen MR) is 243 cm³/mol. The van der Waals surface area contributed by atoms with Gasteiger partial charge in [-0.2, -0.15) is 0 Å². The summed E-state index contributed by atoms with van der Waals surface area (Å²) in [6.07, 6.45) is 7.32. The van der Waals surface area contributed by atoms with Gasteiger partial charge in [0.15, 0.2) is 17.5 Å². The van der Waals surface area contributed by atoms with Gasteiger partial charge in [-0.25, -0.2) is 15.0 Å². The lowest BCUT2D eigenvalue weighted by Crippen LogP contribution is -2.01. The topological polar surface area (TPSA) is 90.2 Å². The van der Waals surface area contributed by atoms with Crippen LogP contribution in [0.15, 0.2) is 189 Å². The monoisotopic (exact) mass is 765 g/mol. The second kappa shape index (κ2) is 13.7. The number of fused-ring (bicyclic) bond motifs is 8. The van der Waals surface area contributed by atoms with Crippen molar-refractivity contribution in [2.75, 3.05) is 0 Å². The minimum absolute atomic E-state index is 0.600. The molecule has 12 rings (SSSR count). The van der Waals surface area contributed by atoms with Crippen molar-refractivity contribution in [1.29, 1.82) is 0 Å². The third-order valence-corrected chi connectivity index (χ3v) is 11.5. The minimum atomic E-state index is 0.600. The molecule has 0 atom stereocenters. The molecule has 0 radical (unpaired) electrons. The van der Waals surface area contributed by atoms with Crippen LogP contribution in [0.4, 0.5) is 0 Å². The highest BCUT2D eigenvalue weighted by atomic mass is 15.0. The Morgan fingerprint density at radius 3 is 1.10 bits per heavy atom. The third-order valence-electron chi connectivity index (χ3n) is 11.5. The molecule has 0 aliphatic heterocycles. The maximum Gasteiger partial charge on any atom is 0.164 e. The fourth-order valence-electron chi connectivity index (χ4n) is 8.79. The molecule has 60 heavy (non-hydrogen) atoms. The van der Waals surface area contributed by atoms with E-state index >= 15 is 0 Å².